The van der Waals surface area contributed by atoms with Gasteiger partial charge in [-0.05, 0) is 38.1 Å². The van der Waals surface area contributed by atoms with Crippen LogP contribution < -0.4 is 5.73 Å². The molecule has 0 aromatic carbocycles. The minimum absolute atomic E-state index is 0.0217. The first-order valence-electron chi connectivity index (χ1n) is 4.22. The van der Waals surface area contributed by atoms with Gasteiger partial charge in [0.2, 0.25) is 0 Å². The molecule has 0 radical (unpaired) electrons. The maximum atomic E-state index is 9.37. The summed E-state index contributed by atoms with van der Waals surface area (Å²) >= 11 is 0. The largest absolute Gasteiger partial charge is 0.393 e. The van der Waals surface area contributed by atoms with Crippen LogP contribution in [-0.4, -0.2) is 17.8 Å². The van der Waals surface area contributed by atoms with Crippen LogP contribution in [0.25, 0.3) is 0 Å². The van der Waals surface area contributed by atoms with Gasteiger partial charge in [0.25, 0.3) is 0 Å². The summed E-state index contributed by atoms with van der Waals surface area (Å²) < 4.78 is 0. The molecule has 0 heterocycles. The summed E-state index contributed by atoms with van der Waals surface area (Å²) in [5, 5.41) is 9.37. The highest BCUT2D eigenvalue weighted by Gasteiger charge is 2.23. The molecule has 2 heteroatoms. The average Bonchev–Trinajstić information content (AvgIpc) is 2.31. The molecule has 0 spiro atoms. The summed E-state index contributed by atoms with van der Waals surface area (Å²) in [6.07, 6.45) is 5.60. The Morgan fingerprint density at radius 3 is 2.70 bits per heavy atom. The highest BCUT2D eigenvalue weighted by molar-refractivity contribution is 4.76. The van der Waals surface area contributed by atoms with Crippen molar-refractivity contribution >= 4 is 0 Å². The van der Waals surface area contributed by atoms with Crippen molar-refractivity contribution in [3.63, 3.8) is 0 Å². The molecule has 1 rings (SSSR count). The molecule has 2 unspecified atom stereocenters. The molecule has 3 N–H and O–H groups in total. The molecule has 10 heavy (non-hydrogen) atoms. The van der Waals surface area contributed by atoms with Crippen LogP contribution in [0.1, 0.15) is 32.1 Å². The van der Waals surface area contributed by atoms with Gasteiger partial charge < -0.3 is 10.8 Å². The van der Waals surface area contributed by atoms with Crippen molar-refractivity contribution in [1.82, 2.24) is 0 Å². The summed E-state index contributed by atoms with van der Waals surface area (Å²) in [6, 6.07) is 0. The fraction of sp³-hybridized carbons (Fsp3) is 1.00. The van der Waals surface area contributed by atoms with E-state index in [-0.39, 0.29) is 6.10 Å². The van der Waals surface area contributed by atoms with Crippen molar-refractivity contribution < 1.29 is 5.11 Å². The van der Waals surface area contributed by atoms with Crippen molar-refractivity contribution in [1.29, 1.82) is 0 Å². The highest BCUT2D eigenvalue weighted by Crippen LogP contribution is 2.28. The Morgan fingerprint density at radius 2 is 2.20 bits per heavy atom. The Balaban J connectivity index is 2.14. The Bertz CT molecular complexity index is 95.3. The Labute approximate surface area is 62.4 Å². The van der Waals surface area contributed by atoms with Gasteiger partial charge in [-0.1, -0.05) is 6.42 Å². The fourth-order valence-corrected chi connectivity index (χ4v) is 1.73. The molecule has 0 aromatic heterocycles. The lowest BCUT2D eigenvalue weighted by atomic mass is 10.00. The molecule has 60 valence electrons. The topological polar surface area (TPSA) is 46.2 Å². The Kier molecular flexibility index (Phi) is 3.16. The molecule has 0 saturated heterocycles. The second-order valence-electron chi connectivity index (χ2n) is 3.19. The van der Waals surface area contributed by atoms with E-state index in [1.165, 1.54) is 12.8 Å². The monoisotopic (exact) mass is 143 g/mol. The SMILES string of the molecule is NCCCC1CCCC1O. The first-order chi connectivity index (χ1) is 4.84. The van der Waals surface area contributed by atoms with Crippen LogP contribution in [0.4, 0.5) is 0 Å². The van der Waals surface area contributed by atoms with Crippen LogP contribution in [-0.2, 0) is 0 Å². The van der Waals surface area contributed by atoms with Gasteiger partial charge in [0.15, 0.2) is 0 Å². The molecule has 1 aliphatic rings. The normalized spacial score (nSPS) is 33.0. The van der Waals surface area contributed by atoms with Gasteiger partial charge in [-0.3, -0.25) is 0 Å². The number of aliphatic hydroxyl groups is 1. The third-order valence-corrected chi connectivity index (χ3v) is 2.40. The maximum absolute atomic E-state index is 9.37. The second-order valence-corrected chi connectivity index (χ2v) is 3.19. The van der Waals surface area contributed by atoms with E-state index in [9.17, 15) is 5.11 Å². The third-order valence-electron chi connectivity index (χ3n) is 2.40. The van der Waals surface area contributed by atoms with E-state index in [0.717, 1.165) is 25.8 Å². The van der Waals surface area contributed by atoms with Gasteiger partial charge in [-0.25, -0.2) is 0 Å². The average molecular weight is 143 g/mol. The van der Waals surface area contributed by atoms with Crippen LogP contribution in [0.2, 0.25) is 0 Å². The summed E-state index contributed by atoms with van der Waals surface area (Å²) in [7, 11) is 0. The van der Waals surface area contributed by atoms with Crippen molar-refractivity contribution in [2.75, 3.05) is 6.54 Å². The van der Waals surface area contributed by atoms with E-state index in [1.807, 2.05) is 0 Å². The summed E-state index contributed by atoms with van der Waals surface area (Å²) in [4.78, 5) is 0. The first-order valence-corrected chi connectivity index (χ1v) is 4.22. The lowest BCUT2D eigenvalue weighted by Crippen LogP contribution is -2.14. The minimum atomic E-state index is -0.0217. The molecular formula is C8H17NO. The number of aliphatic hydroxyl groups excluding tert-OH is 1. The van der Waals surface area contributed by atoms with Crippen molar-refractivity contribution in [2.24, 2.45) is 11.7 Å². The van der Waals surface area contributed by atoms with E-state index in [2.05, 4.69) is 0 Å². The Hall–Kier alpha value is -0.0800. The molecular weight excluding hydrogens is 126 g/mol. The van der Waals surface area contributed by atoms with Gasteiger partial charge in [-0.2, -0.15) is 0 Å². The van der Waals surface area contributed by atoms with Crippen LogP contribution >= 0.6 is 0 Å². The highest BCUT2D eigenvalue weighted by atomic mass is 16.3. The molecule has 2 atom stereocenters. The zero-order chi connectivity index (χ0) is 7.40. The van der Waals surface area contributed by atoms with Gasteiger partial charge in [0.1, 0.15) is 0 Å². The van der Waals surface area contributed by atoms with Crippen molar-refractivity contribution in [3.05, 3.63) is 0 Å². The molecule has 1 saturated carbocycles. The van der Waals surface area contributed by atoms with E-state index in [0.29, 0.717) is 5.92 Å². The van der Waals surface area contributed by atoms with Crippen molar-refractivity contribution in [2.45, 2.75) is 38.2 Å². The van der Waals surface area contributed by atoms with E-state index in [4.69, 9.17) is 5.73 Å². The molecule has 0 aromatic rings. The zero-order valence-electron chi connectivity index (χ0n) is 6.42. The van der Waals surface area contributed by atoms with Gasteiger partial charge in [-0.15, -0.1) is 0 Å². The standard InChI is InChI=1S/C8H17NO/c9-6-2-4-7-3-1-5-8(7)10/h7-8,10H,1-6,9H2. The number of hydrogen-bond donors (Lipinski definition) is 2. The lowest BCUT2D eigenvalue weighted by molar-refractivity contribution is 0.127. The van der Waals surface area contributed by atoms with E-state index >= 15 is 0 Å². The second kappa shape index (κ2) is 3.94. The van der Waals surface area contributed by atoms with Gasteiger partial charge in [0.05, 0.1) is 6.10 Å². The molecule has 1 aliphatic carbocycles. The van der Waals surface area contributed by atoms with Crippen LogP contribution in [0, 0.1) is 5.92 Å². The number of nitrogens with two attached hydrogens (primary N) is 1. The van der Waals surface area contributed by atoms with Crippen LogP contribution in [0.5, 0.6) is 0 Å². The lowest BCUT2D eigenvalue weighted by Gasteiger charge is -2.12. The summed E-state index contributed by atoms with van der Waals surface area (Å²) in [5.74, 6) is 0.559. The Morgan fingerprint density at radius 1 is 1.40 bits per heavy atom. The third kappa shape index (κ3) is 1.96. The summed E-state index contributed by atoms with van der Waals surface area (Å²) in [5.41, 5.74) is 5.37. The molecule has 2 nitrogen and oxygen atoms in total. The molecule has 0 bridgehead atoms. The maximum Gasteiger partial charge on any atom is 0.0568 e. The predicted molar refractivity (Wildman–Crippen MR) is 41.6 cm³/mol. The molecule has 0 aliphatic heterocycles. The van der Waals surface area contributed by atoms with E-state index in [1.54, 1.807) is 0 Å². The first kappa shape index (κ1) is 8.02. The van der Waals surface area contributed by atoms with Crippen molar-refractivity contribution in [3.8, 4) is 0 Å². The van der Waals surface area contributed by atoms with Crippen LogP contribution in [0.3, 0.4) is 0 Å². The van der Waals surface area contributed by atoms with Crippen LogP contribution in [0.15, 0.2) is 0 Å². The molecule has 0 amide bonds. The number of hydrogen-bond acceptors (Lipinski definition) is 2. The predicted octanol–water partition coefficient (Wildman–Crippen LogP) is 0.886. The minimum Gasteiger partial charge on any atom is -0.393 e. The van der Waals surface area contributed by atoms with Gasteiger partial charge in [0, 0.05) is 0 Å². The van der Waals surface area contributed by atoms with E-state index < -0.39 is 0 Å². The zero-order valence-corrected chi connectivity index (χ0v) is 6.42. The van der Waals surface area contributed by atoms with Gasteiger partial charge >= 0.3 is 0 Å². The quantitative estimate of drug-likeness (QED) is 0.616. The molecule has 1 fully saturated rings. The fourth-order valence-electron chi connectivity index (χ4n) is 1.73. The summed E-state index contributed by atoms with van der Waals surface area (Å²) in [6.45, 7) is 0.767. The number of rotatable bonds is 3. The smallest absolute Gasteiger partial charge is 0.0568 e.